The van der Waals surface area contributed by atoms with E-state index in [1.165, 1.54) is 6.07 Å². The summed E-state index contributed by atoms with van der Waals surface area (Å²) in [6, 6.07) is 4.14. The van der Waals surface area contributed by atoms with Crippen LogP contribution in [0.3, 0.4) is 0 Å². The maximum absolute atomic E-state index is 13.1. The molecule has 0 radical (unpaired) electrons. The van der Waals surface area contributed by atoms with E-state index in [1.54, 1.807) is 6.07 Å². The van der Waals surface area contributed by atoms with Crippen LogP contribution in [-0.2, 0) is 0 Å². The van der Waals surface area contributed by atoms with Crippen molar-refractivity contribution in [2.75, 3.05) is 13.6 Å². The lowest BCUT2D eigenvalue weighted by Gasteiger charge is -2.30. The maximum atomic E-state index is 13.1. The van der Waals surface area contributed by atoms with Crippen LogP contribution in [0.5, 0.6) is 0 Å². The van der Waals surface area contributed by atoms with Gasteiger partial charge in [0.1, 0.15) is 0 Å². The Morgan fingerprint density at radius 1 is 1.25 bits per heavy atom. The van der Waals surface area contributed by atoms with Gasteiger partial charge in [-0.3, -0.25) is 4.90 Å². The molecule has 0 bridgehead atoms. The zero-order valence-electron chi connectivity index (χ0n) is 9.87. The summed E-state index contributed by atoms with van der Waals surface area (Å²) in [5.41, 5.74) is 6.38. The summed E-state index contributed by atoms with van der Waals surface area (Å²) in [7, 11) is 1.92. The van der Waals surface area contributed by atoms with Crippen molar-refractivity contribution in [1.29, 1.82) is 0 Å². The second kappa shape index (κ2) is 5.37. The quantitative estimate of drug-likeness (QED) is 0.856. The minimum atomic E-state index is -0.827. The normalized spacial score (nSPS) is 13.5. The van der Waals surface area contributed by atoms with E-state index in [-0.39, 0.29) is 6.04 Å². The molecular formula is C12H18F2N2. The van der Waals surface area contributed by atoms with Crippen molar-refractivity contribution in [1.82, 2.24) is 4.90 Å². The van der Waals surface area contributed by atoms with E-state index >= 15 is 0 Å². The van der Waals surface area contributed by atoms with Crippen LogP contribution < -0.4 is 5.73 Å². The molecule has 1 atom stereocenters. The summed E-state index contributed by atoms with van der Waals surface area (Å²) in [4.78, 5) is 2.03. The van der Waals surface area contributed by atoms with Crippen LogP contribution in [0, 0.1) is 11.6 Å². The second-order valence-electron chi connectivity index (χ2n) is 4.18. The summed E-state index contributed by atoms with van der Waals surface area (Å²) in [5, 5.41) is 0. The van der Waals surface area contributed by atoms with Gasteiger partial charge < -0.3 is 5.73 Å². The van der Waals surface area contributed by atoms with Crippen molar-refractivity contribution in [3.63, 3.8) is 0 Å². The van der Waals surface area contributed by atoms with Crippen LogP contribution in [0.1, 0.15) is 25.5 Å². The molecule has 0 aliphatic carbocycles. The van der Waals surface area contributed by atoms with E-state index in [2.05, 4.69) is 0 Å². The molecule has 1 unspecified atom stereocenters. The Balaban J connectivity index is 2.99. The number of halogens is 2. The smallest absolute Gasteiger partial charge is 0.159 e. The Hall–Kier alpha value is -1.00. The average Bonchev–Trinajstić information content (AvgIpc) is 2.24. The fourth-order valence-corrected chi connectivity index (χ4v) is 1.62. The monoisotopic (exact) mass is 228 g/mol. The van der Waals surface area contributed by atoms with Gasteiger partial charge in [0, 0.05) is 18.6 Å². The maximum Gasteiger partial charge on any atom is 0.159 e. The van der Waals surface area contributed by atoms with Gasteiger partial charge in [0.25, 0.3) is 0 Å². The van der Waals surface area contributed by atoms with Crippen LogP contribution in [0.15, 0.2) is 18.2 Å². The van der Waals surface area contributed by atoms with Crippen molar-refractivity contribution in [3.05, 3.63) is 35.4 Å². The lowest BCUT2D eigenvalue weighted by atomic mass is 10.0. The van der Waals surface area contributed by atoms with E-state index in [9.17, 15) is 8.78 Å². The Kier molecular flexibility index (Phi) is 4.38. The van der Waals surface area contributed by atoms with Crippen molar-refractivity contribution < 1.29 is 8.78 Å². The Labute approximate surface area is 95.1 Å². The van der Waals surface area contributed by atoms with E-state index in [4.69, 9.17) is 5.73 Å². The predicted octanol–water partition coefficient (Wildman–Crippen LogP) is 2.30. The SMILES string of the molecule is CC(C)N(C)C(CN)c1ccc(F)c(F)c1. The van der Waals surface area contributed by atoms with Crippen LogP contribution in [0.2, 0.25) is 0 Å². The summed E-state index contributed by atoms with van der Waals surface area (Å²) in [6.07, 6.45) is 0. The van der Waals surface area contributed by atoms with E-state index in [0.717, 1.165) is 6.07 Å². The molecule has 0 heterocycles. The van der Waals surface area contributed by atoms with Gasteiger partial charge in [0.05, 0.1) is 0 Å². The summed E-state index contributed by atoms with van der Waals surface area (Å²) in [6.45, 7) is 4.44. The largest absolute Gasteiger partial charge is 0.329 e. The number of nitrogens with two attached hydrogens (primary N) is 1. The molecule has 0 saturated heterocycles. The predicted molar refractivity (Wildman–Crippen MR) is 61.1 cm³/mol. The highest BCUT2D eigenvalue weighted by Gasteiger charge is 2.18. The molecule has 0 aliphatic rings. The third-order valence-corrected chi connectivity index (χ3v) is 2.86. The molecule has 4 heteroatoms. The molecule has 0 fully saturated rings. The van der Waals surface area contributed by atoms with Gasteiger partial charge >= 0.3 is 0 Å². The molecule has 2 nitrogen and oxygen atoms in total. The summed E-state index contributed by atoms with van der Waals surface area (Å²) in [5.74, 6) is -1.65. The van der Waals surface area contributed by atoms with Gasteiger partial charge in [-0.25, -0.2) is 8.78 Å². The van der Waals surface area contributed by atoms with Gasteiger partial charge in [-0.05, 0) is 38.6 Å². The topological polar surface area (TPSA) is 29.3 Å². The highest BCUT2D eigenvalue weighted by molar-refractivity contribution is 5.21. The number of benzene rings is 1. The fourth-order valence-electron chi connectivity index (χ4n) is 1.62. The highest BCUT2D eigenvalue weighted by Crippen LogP contribution is 2.21. The molecule has 16 heavy (non-hydrogen) atoms. The van der Waals surface area contributed by atoms with Crippen molar-refractivity contribution >= 4 is 0 Å². The number of hydrogen-bond donors (Lipinski definition) is 1. The van der Waals surface area contributed by atoms with Crippen molar-refractivity contribution in [3.8, 4) is 0 Å². The van der Waals surface area contributed by atoms with E-state index in [0.29, 0.717) is 18.2 Å². The lowest BCUT2D eigenvalue weighted by molar-refractivity contribution is 0.200. The molecule has 1 rings (SSSR count). The average molecular weight is 228 g/mol. The molecular weight excluding hydrogens is 210 g/mol. The van der Waals surface area contributed by atoms with Crippen LogP contribution in [0.4, 0.5) is 8.78 Å². The van der Waals surface area contributed by atoms with Crippen LogP contribution in [-0.4, -0.2) is 24.5 Å². The third-order valence-electron chi connectivity index (χ3n) is 2.86. The first-order valence-electron chi connectivity index (χ1n) is 5.34. The van der Waals surface area contributed by atoms with Crippen molar-refractivity contribution in [2.24, 2.45) is 5.73 Å². The molecule has 90 valence electrons. The third kappa shape index (κ3) is 2.77. The zero-order valence-corrected chi connectivity index (χ0v) is 9.87. The van der Waals surface area contributed by atoms with Gasteiger partial charge in [-0.2, -0.15) is 0 Å². The Morgan fingerprint density at radius 2 is 1.88 bits per heavy atom. The highest BCUT2D eigenvalue weighted by atomic mass is 19.2. The molecule has 0 aromatic heterocycles. The molecule has 0 amide bonds. The minimum Gasteiger partial charge on any atom is -0.329 e. The first kappa shape index (κ1) is 13.1. The van der Waals surface area contributed by atoms with Gasteiger partial charge in [0.15, 0.2) is 11.6 Å². The van der Waals surface area contributed by atoms with E-state index < -0.39 is 11.6 Å². The summed E-state index contributed by atoms with van der Waals surface area (Å²) < 4.78 is 25.9. The Morgan fingerprint density at radius 3 is 2.31 bits per heavy atom. The molecule has 0 aliphatic heterocycles. The van der Waals surface area contributed by atoms with E-state index in [1.807, 2.05) is 25.8 Å². The van der Waals surface area contributed by atoms with Crippen LogP contribution >= 0.6 is 0 Å². The second-order valence-corrected chi connectivity index (χ2v) is 4.18. The lowest BCUT2D eigenvalue weighted by Crippen LogP contribution is -2.35. The summed E-state index contributed by atoms with van der Waals surface area (Å²) >= 11 is 0. The van der Waals surface area contributed by atoms with Crippen molar-refractivity contribution in [2.45, 2.75) is 25.9 Å². The first-order valence-corrected chi connectivity index (χ1v) is 5.34. The number of likely N-dealkylation sites (N-methyl/N-ethyl adjacent to an activating group) is 1. The van der Waals surface area contributed by atoms with Crippen LogP contribution in [0.25, 0.3) is 0 Å². The molecule has 0 spiro atoms. The van der Waals surface area contributed by atoms with Gasteiger partial charge in [-0.15, -0.1) is 0 Å². The molecule has 1 aromatic rings. The number of rotatable bonds is 4. The first-order chi connectivity index (χ1) is 7.47. The Bertz CT molecular complexity index is 353. The number of hydrogen-bond acceptors (Lipinski definition) is 2. The van der Waals surface area contributed by atoms with Gasteiger partial charge in [0.2, 0.25) is 0 Å². The standard InChI is InChI=1S/C12H18F2N2/c1-8(2)16(3)12(7-15)9-4-5-10(13)11(14)6-9/h4-6,8,12H,7,15H2,1-3H3. The number of nitrogens with zero attached hydrogens (tertiary/aromatic N) is 1. The minimum absolute atomic E-state index is 0.0879. The molecule has 2 N–H and O–H groups in total. The fraction of sp³-hybridized carbons (Fsp3) is 0.500. The molecule has 0 saturated carbocycles. The van der Waals surface area contributed by atoms with Gasteiger partial charge in [-0.1, -0.05) is 6.07 Å². The zero-order chi connectivity index (χ0) is 12.3. The molecule has 1 aromatic carbocycles.